The summed E-state index contributed by atoms with van der Waals surface area (Å²) in [6.45, 7) is 0.934. The molecule has 0 heterocycles. The molecule has 2 nitrogen and oxygen atoms in total. The van der Waals surface area contributed by atoms with Crippen LogP contribution in [0.2, 0.25) is 0 Å². The summed E-state index contributed by atoms with van der Waals surface area (Å²) in [5, 5.41) is 0. The van der Waals surface area contributed by atoms with Crippen LogP contribution >= 0.6 is 0 Å². The summed E-state index contributed by atoms with van der Waals surface area (Å²) >= 11 is 0. The van der Waals surface area contributed by atoms with Crippen LogP contribution in [-0.2, 0) is 9.59 Å². The topological polar surface area (TPSA) is 34.1 Å². The van der Waals surface area contributed by atoms with Crippen molar-refractivity contribution in [2.75, 3.05) is 0 Å². The zero-order chi connectivity index (χ0) is 8.36. The van der Waals surface area contributed by atoms with E-state index in [1.165, 1.54) is 0 Å². The molecule has 0 unspecified atom stereocenters. The zero-order valence-electron chi connectivity index (χ0n) is 5.66. The predicted molar refractivity (Wildman–Crippen MR) is 26.4 cm³/mol. The van der Waals surface area contributed by atoms with E-state index >= 15 is 0 Å². The molecule has 0 aromatic heterocycles. The van der Waals surface area contributed by atoms with Crippen molar-refractivity contribution in [3.05, 3.63) is 0 Å². The smallest absolute Gasteiger partial charge is 0.300 e. The summed E-state index contributed by atoms with van der Waals surface area (Å²) in [7, 11) is 0. The maximum Gasteiger partial charge on any atom is 0.450 e. The molecule has 0 aliphatic carbocycles. The molecule has 0 aliphatic rings. The van der Waals surface area contributed by atoms with Crippen molar-refractivity contribution in [3.63, 3.8) is 0 Å². The summed E-state index contributed by atoms with van der Waals surface area (Å²) < 4.78 is 33.9. The Balaban J connectivity index is 0. The summed E-state index contributed by atoms with van der Waals surface area (Å²) in [6, 6.07) is 0. The maximum absolute atomic E-state index is 11.3. The quantitative estimate of drug-likeness (QED) is 0.715. The molecule has 6 heteroatoms. The molecule has 0 aromatic carbocycles. The SMILES string of the molecule is CC(=O)CC(=O)C(F)(F)F.[Nd]. The average Bonchev–Trinajstić information content (AvgIpc) is 1.60. The minimum absolute atomic E-state index is 0. The molecule has 0 atom stereocenters. The first kappa shape index (κ1) is 14.0. The van der Waals surface area contributed by atoms with E-state index in [9.17, 15) is 22.8 Å². The second-order valence-electron chi connectivity index (χ2n) is 1.80. The second-order valence-corrected chi connectivity index (χ2v) is 1.80. The van der Waals surface area contributed by atoms with Crippen molar-refractivity contribution in [2.24, 2.45) is 0 Å². The average molecular weight is 298 g/mol. The van der Waals surface area contributed by atoms with Crippen molar-refractivity contribution < 1.29 is 63.6 Å². The Kier molecular flexibility index (Phi) is 6.61. The first-order valence-electron chi connectivity index (χ1n) is 2.43. The van der Waals surface area contributed by atoms with E-state index < -0.39 is 24.2 Å². The van der Waals surface area contributed by atoms with Crippen LogP contribution in [0.3, 0.4) is 0 Å². The summed E-state index contributed by atoms with van der Waals surface area (Å²) in [5.74, 6) is -2.76. The molecule has 0 aliphatic heterocycles. The van der Waals surface area contributed by atoms with Crippen molar-refractivity contribution >= 4 is 11.6 Å². The van der Waals surface area contributed by atoms with Gasteiger partial charge in [0.05, 0.1) is 6.42 Å². The fourth-order valence-corrected chi connectivity index (χ4v) is 0.326. The van der Waals surface area contributed by atoms with E-state index in [0.29, 0.717) is 0 Å². The number of halogens is 3. The standard InChI is InChI=1S/C5H5F3O2.Nd/c1-3(9)2-4(10)5(6,7)8;/h2H2,1H3;. The molecule has 0 amide bonds. The first-order chi connectivity index (χ1) is 4.34. The molecule has 0 fully saturated rings. The monoisotopic (exact) mass is 296 g/mol. The number of Topliss-reactive ketones (excluding diaryl/α,β-unsaturated/α-hetero) is 2. The van der Waals surface area contributed by atoms with Crippen molar-refractivity contribution in [3.8, 4) is 0 Å². The molecule has 0 saturated carbocycles. The van der Waals surface area contributed by atoms with Gasteiger partial charge in [-0.3, -0.25) is 9.59 Å². The van der Waals surface area contributed by atoms with E-state index in [1.807, 2.05) is 0 Å². The number of hydrogen-bond donors (Lipinski definition) is 0. The van der Waals surface area contributed by atoms with Crippen molar-refractivity contribution in [1.82, 2.24) is 0 Å². The van der Waals surface area contributed by atoms with Gasteiger partial charge in [0.15, 0.2) is 0 Å². The summed E-state index contributed by atoms with van der Waals surface area (Å²) in [5.41, 5.74) is 0. The van der Waals surface area contributed by atoms with Crippen LogP contribution in [0.5, 0.6) is 0 Å². The molecule has 62 valence electrons. The molecule has 11 heavy (non-hydrogen) atoms. The number of hydrogen-bond acceptors (Lipinski definition) is 2. The molecular weight excluding hydrogens is 293 g/mol. The molecule has 0 rings (SSSR count). The molecule has 0 aromatic rings. The second kappa shape index (κ2) is 5.18. The van der Waals surface area contributed by atoms with E-state index in [4.69, 9.17) is 0 Å². The molecule has 0 bridgehead atoms. The van der Waals surface area contributed by atoms with Crippen LogP contribution in [0.15, 0.2) is 0 Å². The number of ketones is 2. The molecular formula is C5H5F3NdO2. The molecule has 0 radical (unpaired) electrons. The number of carbonyl (C=O) groups excluding carboxylic acids is 2. The molecule has 0 saturated heterocycles. The van der Waals surface area contributed by atoms with Gasteiger partial charge in [-0.15, -0.1) is 0 Å². The van der Waals surface area contributed by atoms with Gasteiger partial charge < -0.3 is 0 Å². The molecule has 0 N–H and O–H groups in total. The maximum atomic E-state index is 11.3. The van der Waals surface area contributed by atoms with Crippen LogP contribution in [0.4, 0.5) is 13.2 Å². The van der Waals surface area contributed by atoms with Gasteiger partial charge in [-0.2, -0.15) is 13.2 Å². The van der Waals surface area contributed by atoms with Gasteiger partial charge in [-0.1, -0.05) is 0 Å². The Morgan fingerprint density at radius 2 is 1.64 bits per heavy atom. The third-order valence-corrected chi connectivity index (χ3v) is 0.726. The van der Waals surface area contributed by atoms with Crippen LogP contribution in [0, 0.1) is 40.8 Å². The fourth-order valence-electron chi connectivity index (χ4n) is 0.326. The zero-order valence-corrected chi connectivity index (χ0v) is 8.87. The van der Waals surface area contributed by atoms with Gasteiger partial charge in [-0.05, 0) is 6.92 Å². The third-order valence-electron chi connectivity index (χ3n) is 0.726. The Bertz CT molecular complexity index is 164. The Labute approximate surface area is 94.0 Å². The van der Waals surface area contributed by atoms with Gasteiger partial charge in [0.2, 0.25) is 5.78 Å². The van der Waals surface area contributed by atoms with Crippen LogP contribution in [-0.4, -0.2) is 17.7 Å². The Hall–Kier alpha value is 0.481. The van der Waals surface area contributed by atoms with E-state index in [0.717, 1.165) is 6.92 Å². The minimum Gasteiger partial charge on any atom is -0.300 e. The van der Waals surface area contributed by atoms with Crippen LogP contribution < -0.4 is 0 Å². The Morgan fingerprint density at radius 1 is 1.27 bits per heavy atom. The summed E-state index contributed by atoms with van der Waals surface area (Å²) in [6.07, 6.45) is -5.92. The van der Waals surface area contributed by atoms with Gasteiger partial charge in [0.25, 0.3) is 0 Å². The fraction of sp³-hybridized carbons (Fsp3) is 0.600. The number of carbonyl (C=O) groups is 2. The normalized spacial score (nSPS) is 10.2. The molecule has 0 spiro atoms. The van der Waals surface area contributed by atoms with Crippen molar-refractivity contribution in [1.29, 1.82) is 0 Å². The van der Waals surface area contributed by atoms with E-state index in [-0.39, 0.29) is 40.8 Å². The van der Waals surface area contributed by atoms with E-state index in [2.05, 4.69) is 0 Å². The predicted octanol–water partition coefficient (Wildman–Crippen LogP) is 1.10. The first-order valence-corrected chi connectivity index (χ1v) is 2.43. The largest absolute Gasteiger partial charge is 0.450 e. The third kappa shape index (κ3) is 6.86. The van der Waals surface area contributed by atoms with Gasteiger partial charge >= 0.3 is 6.18 Å². The van der Waals surface area contributed by atoms with Gasteiger partial charge in [0.1, 0.15) is 5.78 Å². The van der Waals surface area contributed by atoms with Crippen LogP contribution in [0.25, 0.3) is 0 Å². The van der Waals surface area contributed by atoms with Gasteiger partial charge in [0, 0.05) is 40.8 Å². The summed E-state index contributed by atoms with van der Waals surface area (Å²) in [4.78, 5) is 19.9. The number of rotatable bonds is 2. The van der Waals surface area contributed by atoms with Crippen LogP contribution in [0.1, 0.15) is 13.3 Å². The Morgan fingerprint density at radius 3 is 1.73 bits per heavy atom. The minimum atomic E-state index is -4.87. The van der Waals surface area contributed by atoms with E-state index in [1.54, 1.807) is 0 Å². The van der Waals surface area contributed by atoms with Gasteiger partial charge in [-0.25, -0.2) is 0 Å². The number of alkyl halides is 3. The van der Waals surface area contributed by atoms with Crippen molar-refractivity contribution in [2.45, 2.75) is 19.5 Å².